The maximum Gasteiger partial charge on any atom is 0.151 e. The molecule has 0 aliphatic rings. The minimum absolute atomic E-state index is 0.575. The van der Waals surface area contributed by atoms with Gasteiger partial charge in [-0.15, -0.1) is 5.10 Å². The SMILES string of the molecule is CCc1nnnn1Cc1ccc(CN)cc1. The van der Waals surface area contributed by atoms with Gasteiger partial charge >= 0.3 is 0 Å². The molecule has 0 bridgehead atoms. The summed E-state index contributed by atoms with van der Waals surface area (Å²) in [6.07, 6.45) is 0.841. The van der Waals surface area contributed by atoms with Gasteiger partial charge in [0.25, 0.3) is 0 Å². The number of aryl methyl sites for hydroxylation is 1. The minimum Gasteiger partial charge on any atom is -0.326 e. The molecule has 2 N–H and O–H groups in total. The molecule has 0 fully saturated rings. The molecule has 0 saturated heterocycles. The zero-order valence-corrected chi connectivity index (χ0v) is 9.30. The second kappa shape index (κ2) is 4.85. The van der Waals surface area contributed by atoms with Gasteiger partial charge in [-0.05, 0) is 21.6 Å². The van der Waals surface area contributed by atoms with Crippen molar-refractivity contribution >= 4 is 0 Å². The number of hydrogen-bond donors (Lipinski definition) is 1. The van der Waals surface area contributed by atoms with Crippen molar-refractivity contribution in [1.82, 2.24) is 20.2 Å². The molecule has 1 aromatic carbocycles. The highest BCUT2D eigenvalue weighted by molar-refractivity contribution is 5.22. The maximum atomic E-state index is 5.54. The number of rotatable bonds is 4. The van der Waals surface area contributed by atoms with E-state index in [9.17, 15) is 0 Å². The van der Waals surface area contributed by atoms with Gasteiger partial charge in [-0.1, -0.05) is 31.2 Å². The Morgan fingerprint density at radius 1 is 1.19 bits per heavy atom. The molecule has 0 saturated carbocycles. The molecule has 1 aromatic heterocycles. The van der Waals surface area contributed by atoms with Crippen LogP contribution in [0, 0.1) is 0 Å². The molecule has 1 heterocycles. The predicted molar refractivity (Wildman–Crippen MR) is 60.6 cm³/mol. The van der Waals surface area contributed by atoms with Crippen LogP contribution in [0.5, 0.6) is 0 Å². The van der Waals surface area contributed by atoms with Crippen molar-refractivity contribution in [1.29, 1.82) is 0 Å². The van der Waals surface area contributed by atoms with Gasteiger partial charge in [-0.3, -0.25) is 0 Å². The first-order valence-electron chi connectivity index (χ1n) is 5.36. The van der Waals surface area contributed by atoms with Crippen molar-refractivity contribution in [2.75, 3.05) is 0 Å². The summed E-state index contributed by atoms with van der Waals surface area (Å²) < 4.78 is 1.82. The van der Waals surface area contributed by atoms with Crippen LogP contribution < -0.4 is 5.73 Å². The highest BCUT2D eigenvalue weighted by Crippen LogP contribution is 2.06. The van der Waals surface area contributed by atoms with Crippen LogP contribution in [0.4, 0.5) is 0 Å². The first-order chi connectivity index (χ1) is 7.83. The van der Waals surface area contributed by atoms with Crippen LogP contribution in [0.3, 0.4) is 0 Å². The van der Waals surface area contributed by atoms with Gasteiger partial charge in [-0.2, -0.15) is 0 Å². The van der Waals surface area contributed by atoms with Gasteiger partial charge in [0.1, 0.15) is 0 Å². The molecule has 0 aliphatic carbocycles. The smallest absolute Gasteiger partial charge is 0.151 e. The average molecular weight is 217 g/mol. The molecule has 2 aromatic rings. The normalized spacial score (nSPS) is 10.6. The summed E-state index contributed by atoms with van der Waals surface area (Å²) in [5.41, 5.74) is 7.86. The first kappa shape index (κ1) is 10.8. The Bertz CT molecular complexity index is 446. The van der Waals surface area contributed by atoms with Crippen molar-refractivity contribution in [3.8, 4) is 0 Å². The van der Waals surface area contributed by atoms with E-state index in [0.717, 1.165) is 17.8 Å². The molecular weight excluding hydrogens is 202 g/mol. The van der Waals surface area contributed by atoms with E-state index >= 15 is 0 Å². The predicted octanol–water partition coefficient (Wildman–Crippen LogP) is 0.742. The van der Waals surface area contributed by atoms with E-state index in [-0.39, 0.29) is 0 Å². The van der Waals surface area contributed by atoms with E-state index in [1.807, 2.05) is 23.7 Å². The lowest BCUT2D eigenvalue weighted by molar-refractivity contribution is 0.622. The van der Waals surface area contributed by atoms with Gasteiger partial charge in [0, 0.05) is 13.0 Å². The number of hydrogen-bond acceptors (Lipinski definition) is 4. The lowest BCUT2D eigenvalue weighted by Crippen LogP contribution is -2.06. The van der Waals surface area contributed by atoms with Crippen LogP contribution in [0.25, 0.3) is 0 Å². The van der Waals surface area contributed by atoms with Gasteiger partial charge in [-0.25, -0.2) is 4.68 Å². The fraction of sp³-hybridized carbons (Fsp3) is 0.364. The van der Waals surface area contributed by atoms with Crippen molar-refractivity contribution in [3.63, 3.8) is 0 Å². The van der Waals surface area contributed by atoms with Crippen molar-refractivity contribution in [3.05, 3.63) is 41.2 Å². The molecule has 5 nitrogen and oxygen atoms in total. The molecule has 0 spiro atoms. The topological polar surface area (TPSA) is 69.6 Å². The molecule has 0 aliphatic heterocycles. The summed E-state index contributed by atoms with van der Waals surface area (Å²) in [7, 11) is 0. The molecule has 0 amide bonds. The summed E-state index contributed by atoms with van der Waals surface area (Å²) in [6, 6.07) is 8.18. The van der Waals surface area contributed by atoms with Crippen LogP contribution in [-0.4, -0.2) is 20.2 Å². The summed E-state index contributed by atoms with van der Waals surface area (Å²) >= 11 is 0. The quantitative estimate of drug-likeness (QED) is 0.820. The minimum atomic E-state index is 0.575. The molecule has 16 heavy (non-hydrogen) atoms. The Labute approximate surface area is 94.3 Å². The fourth-order valence-corrected chi connectivity index (χ4v) is 1.55. The largest absolute Gasteiger partial charge is 0.326 e. The van der Waals surface area contributed by atoms with E-state index in [4.69, 9.17) is 5.73 Å². The molecule has 84 valence electrons. The monoisotopic (exact) mass is 217 g/mol. The molecular formula is C11H15N5. The first-order valence-corrected chi connectivity index (χ1v) is 5.36. The Kier molecular flexibility index (Phi) is 3.26. The van der Waals surface area contributed by atoms with Crippen LogP contribution in [0.1, 0.15) is 23.9 Å². The third-order valence-electron chi connectivity index (χ3n) is 2.51. The van der Waals surface area contributed by atoms with E-state index in [1.165, 1.54) is 5.56 Å². The zero-order chi connectivity index (χ0) is 11.4. The van der Waals surface area contributed by atoms with Gasteiger partial charge in [0.05, 0.1) is 6.54 Å². The van der Waals surface area contributed by atoms with E-state index in [2.05, 4.69) is 27.7 Å². The summed E-state index contributed by atoms with van der Waals surface area (Å²) in [4.78, 5) is 0. The van der Waals surface area contributed by atoms with Crippen molar-refractivity contribution in [2.45, 2.75) is 26.4 Å². The second-order valence-corrected chi connectivity index (χ2v) is 3.63. The third kappa shape index (κ3) is 2.25. The highest BCUT2D eigenvalue weighted by Gasteiger charge is 2.03. The lowest BCUT2D eigenvalue weighted by Gasteiger charge is -2.04. The molecule has 0 atom stereocenters. The summed E-state index contributed by atoms with van der Waals surface area (Å²) in [5.74, 6) is 0.905. The van der Waals surface area contributed by atoms with E-state index < -0.39 is 0 Å². The zero-order valence-electron chi connectivity index (χ0n) is 9.30. The number of tetrazole rings is 1. The number of nitrogens with two attached hydrogens (primary N) is 1. The van der Waals surface area contributed by atoms with E-state index in [1.54, 1.807) is 0 Å². The second-order valence-electron chi connectivity index (χ2n) is 3.63. The van der Waals surface area contributed by atoms with Crippen molar-refractivity contribution < 1.29 is 0 Å². The van der Waals surface area contributed by atoms with Gasteiger partial charge in [0.2, 0.25) is 0 Å². The fourth-order valence-electron chi connectivity index (χ4n) is 1.55. The Hall–Kier alpha value is -1.75. The number of benzene rings is 1. The lowest BCUT2D eigenvalue weighted by atomic mass is 10.1. The molecule has 0 unspecified atom stereocenters. The summed E-state index contributed by atoms with van der Waals surface area (Å²) in [5, 5.41) is 11.6. The molecule has 5 heteroatoms. The van der Waals surface area contributed by atoms with Crippen LogP contribution in [0.2, 0.25) is 0 Å². The van der Waals surface area contributed by atoms with Gasteiger partial charge < -0.3 is 5.73 Å². The van der Waals surface area contributed by atoms with Crippen LogP contribution in [-0.2, 0) is 19.5 Å². The van der Waals surface area contributed by atoms with Crippen LogP contribution >= 0.6 is 0 Å². The molecule has 0 radical (unpaired) electrons. The summed E-state index contributed by atoms with van der Waals surface area (Å²) in [6.45, 7) is 3.33. The standard InChI is InChI=1S/C11H15N5/c1-2-11-13-14-15-16(11)8-10-5-3-9(7-12)4-6-10/h3-6H,2,7-8,12H2,1H3. The van der Waals surface area contributed by atoms with Crippen molar-refractivity contribution in [2.24, 2.45) is 5.73 Å². The maximum absolute atomic E-state index is 5.54. The third-order valence-corrected chi connectivity index (χ3v) is 2.51. The van der Waals surface area contributed by atoms with E-state index in [0.29, 0.717) is 13.1 Å². The Morgan fingerprint density at radius 2 is 1.88 bits per heavy atom. The Balaban J connectivity index is 2.14. The number of aromatic nitrogens is 4. The average Bonchev–Trinajstić information content (AvgIpc) is 2.77. The molecule has 2 rings (SSSR count). The number of nitrogens with zero attached hydrogens (tertiary/aromatic N) is 4. The highest BCUT2D eigenvalue weighted by atomic mass is 15.5. The van der Waals surface area contributed by atoms with Crippen LogP contribution in [0.15, 0.2) is 24.3 Å². The Morgan fingerprint density at radius 3 is 2.50 bits per heavy atom. The van der Waals surface area contributed by atoms with Gasteiger partial charge in [0.15, 0.2) is 5.82 Å².